The summed E-state index contributed by atoms with van der Waals surface area (Å²) in [6.45, 7) is 0. The Morgan fingerprint density at radius 2 is 0.841 bits per heavy atom. The summed E-state index contributed by atoms with van der Waals surface area (Å²) in [5.74, 6) is 0. The molecular weight excluding hydrogens is 528 g/mol. The molecule has 0 heterocycles. The first-order valence-electron chi connectivity index (χ1n) is 18.6. The molecule has 0 spiro atoms. The van der Waals surface area contributed by atoms with E-state index in [0.29, 0.717) is 22.3 Å². The molecule has 0 saturated carbocycles. The lowest BCUT2D eigenvalue weighted by atomic mass is 9.83. The number of hydrogen-bond donors (Lipinski definition) is 0. The van der Waals surface area contributed by atoms with E-state index < -0.39 is 24.2 Å². The SMILES string of the molecule is [2H]c1c([2H])c([2H])c2c(-c3cc4ccc5ccccc5c4c4ccccc34)c3c([2H])c([2H])c([2H])c([2H])c3c(-c3ccc(-c4ccccc4)cc3)c2c1[2H]. The molecule has 9 rings (SSSR count). The maximum atomic E-state index is 9.41. The van der Waals surface area contributed by atoms with Crippen LogP contribution in [0.1, 0.15) is 11.0 Å². The highest BCUT2D eigenvalue weighted by molar-refractivity contribution is 6.28. The van der Waals surface area contributed by atoms with Gasteiger partial charge in [-0.1, -0.05) is 164 Å². The van der Waals surface area contributed by atoms with Gasteiger partial charge in [0.25, 0.3) is 0 Å². The molecule has 0 saturated heterocycles. The minimum Gasteiger partial charge on any atom is -0.0622 e. The summed E-state index contributed by atoms with van der Waals surface area (Å²) in [7, 11) is 0. The van der Waals surface area contributed by atoms with Crippen LogP contribution in [0.4, 0.5) is 0 Å². The molecule has 0 fully saturated rings. The van der Waals surface area contributed by atoms with Gasteiger partial charge in [0.1, 0.15) is 0 Å². The average Bonchev–Trinajstić information content (AvgIpc) is 3.19. The molecule has 0 atom stereocenters. The van der Waals surface area contributed by atoms with E-state index in [9.17, 15) is 5.48 Å². The van der Waals surface area contributed by atoms with Gasteiger partial charge in [0, 0.05) is 0 Å². The van der Waals surface area contributed by atoms with Crippen molar-refractivity contribution in [2.24, 2.45) is 0 Å². The Morgan fingerprint density at radius 3 is 1.52 bits per heavy atom. The Labute approximate surface area is 267 Å². The molecule has 0 nitrogen and oxygen atoms in total. The van der Waals surface area contributed by atoms with E-state index in [1.54, 1.807) is 0 Å². The molecule has 204 valence electrons. The molecule has 0 amide bonds. The monoisotopic (exact) mass is 564 g/mol. The van der Waals surface area contributed by atoms with Crippen LogP contribution in [0.2, 0.25) is 0 Å². The molecule has 44 heavy (non-hydrogen) atoms. The number of benzene rings is 9. The van der Waals surface area contributed by atoms with Gasteiger partial charge in [-0.05, 0) is 93.3 Å². The predicted octanol–water partition coefficient (Wildman–Crippen LogP) is 12.5. The van der Waals surface area contributed by atoms with E-state index in [1.165, 1.54) is 0 Å². The van der Waals surface area contributed by atoms with Gasteiger partial charge >= 0.3 is 0 Å². The van der Waals surface area contributed by atoms with Gasteiger partial charge in [0.15, 0.2) is 0 Å². The topological polar surface area (TPSA) is 0 Å². The van der Waals surface area contributed by atoms with Gasteiger partial charge in [-0.3, -0.25) is 0 Å². The summed E-state index contributed by atoms with van der Waals surface area (Å²) in [5.41, 5.74) is 3.82. The van der Waals surface area contributed by atoms with Crippen molar-refractivity contribution >= 4 is 53.9 Å². The first-order chi connectivity index (χ1) is 25.2. The van der Waals surface area contributed by atoms with E-state index in [-0.39, 0.29) is 45.7 Å². The van der Waals surface area contributed by atoms with Crippen LogP contribution in [0.5, 0.6) is 0 Å². The number of rotatable bonds is 3. The highest BCUT2D eigenvalue weighted by Gasteiger charge is 2.19. The lowest BCUT2D eigenvalue weighted by Gasteiger charge is -2.20. The minimum absolute atomic E-state index is 0.202. The van der Waals surface area contributed by atoms with Crippen molar-refractivity contribution < 1.29 is 11.0 Å². The Morgan fingerprint density at radius 1 is 0.341 bits per heavy atom. The summed E-state index contributed by atoms with van der Waals surface area (Å²) in [5, 5.41) is 6.62. The van der Waals surface area contributed by atoms with Crippen molar-refractivity contribution in [1.82, 2.24) is 0 Å². The van der Waals surface area contributed by atoms with Crippen molar-refractivity contribution in [2.75, 3.05) is 0 Å². The quantitative estimate of drug-likeness (QED) is 0.148. The zero-order valence-corrected chi connectivity index (χ0v) is 23.5. The molecule has 0 bridgehead atoms. The summed E-state index contributed by atoms with van der Waals surface area (Å²) < 4.78 is 72.8. The van der Waals surface area contributed by atoms with Crippen LogP contribution < -0.4 is 0 Å². The fourth-order valence-corrected chi connectivity index (χ4v) is 6.73. The van der Waals surface area contributed by atoms with Gasteiger partial charge in [-0.25, -0.2) is 0 Å². The smallest absolute Gasteiger partial charge is 0.0622 e. The molecular formula is C44H28. The molecule has 0 aliphatic rings. The Kier molecular flexibility index (Phi) is 4.08. The van der Waals surface area contributed by atoms with Crippen LogP contribution in [0.3, 0.4) is 0 Å². The van der Waals surface area contributed by atoms with E-state index in [4.69, 9.17) is 5.48 Å². The highest BCUT2D eigenvalue weighted by Crippen LogP contribution is 2.47. The minimum atomic E-state index is -0.416. The standard InChI is InChI=1S/C44H28/c1-2-12-29(13-3-1)30-22-25-32(26-23-30)42-37-18-8-10-20-39(37)44(40-21-11-9-19-38(40)42)41-28-33-27-24-31-14-4-5-15-34(31)43(33)36-17-7-6-16-35(36)41/h1-28H/i8D,9D,10D,11D,18D,19D,20D,21D. The zero-order chi connectivity index (χ0) is 36.0. The molecule has 0 aromatic heterocycles. The zero-order valence-electron chi connectivity index (χ0n) is 31.5. The maximum Gasteiger partial charge on any atom is 0.0629 e. The molecule has 9 aromatic rings. The third-order valence-electron chi connectivity index (χ3n) is 8.67. The third kappa shape index (κ3) is 3.78. The molecule has 9 aromatic carbocycles. The first-order valence-corrected chi connectivity index (χ1v) is 14.6. The van der Waals surface area contributed by atoms with Gasteiger partial charge in [-0.2, -0.15) is 0 Å². The van der Waals surface area contributed by atoms with Crippen LogP contribution in [0, 0.1) is 0 Å². The first kappa shape index (κ1) is 18.1. The summed E-state index contributed by atoms with van der Waals surface area (Å²) in [6, 6.07) is 36.8. The normalized spacial score (nSPS) is 14.2. The fraction of sp³-hybridized carbons (Fsp3) is 0. The fourth-order valence-electron chi connectivity index (χ4n) is 6.73. The summed E-state index contributed by atoms with van der Waals surface area (Å²) in [4.78, 5) is 0. The van der Waals surface area contributed by atoms with E-state index in [1.807, 2.05) is 109 Å². The molecule has 0 radical (unpaired) electrons. The van der Waals surface area contributed by atoms with E-state index in [2.05, 4.69) is 12.1 Å². The van der Waals surface area contributed by atoms with E-state index in [0.717, 1.165) is 43.4 Å². The van der Waals surface area contributed by atoms with Crippen LogP contribution in [-0.4, -0.2) is 0 Å². The highest BCUT2D eigenvalue weighted by atomic mass is 14.2. The number of fused-ring (bicyclic) bond motifs is 7. The second-order valence-corrected chi connectivity index (χ2v) is 11.0. The Hall–Kier alpha value is -5.72. The molecule has 0 aliphatic carbocycles. The predicted molar refractivity (Wildman–Crippen MR) is 190 cm³/mol. The molecule has 0 N–H and O–H groups in total. The van der Waals surface area contributed by atoms with Crippen molar-refractivity contribution in [3.63, 3.8) is 0 Å². The molecule has 0 heteroatoms. The Bertz CT molecular complexity index is 2890. The van der Waals surface area contributed by atoms with Crippen molar-refractivity contribution in [3.8, 4) is 33.4 Å². The molecule has 0 aliphatic heterocycles. The largest absolute Gasteiger partial charge is 0.0629 e. The second-order valence-electron chi connectivity index (χ2n) is 11.0. The average molecular weight is 565 g/mol. The second kappa shape index (κ2) is 9.93. The van der Waals surface area contributed by atoms with Gasteiger partial charge in [0.05, 0.1) is 11.0 Å². The lowest BCUT2D eigenvalue weighted by Crippen LogP contribution is -1.92. The van der Waals surface area contributed by atoms with Crippen LogP contribution in [0.15, 0.2) is 170 Å². The van der Waals surface area contributed by atoms with Crippen LogP contribution >= 0.6 is 0 Å². The maximum absolute atomic E-state index is 9.41. The van der Waals surface area contributed by atoms with Crippen LogP contribution in [0.25, 0.3) is 87.2 Å². The van der Waals surface area contributed by atoms with E-state index >= 15 is 0 Å². The number of hydrogen-bond acceptors (Lipinski definition) is 0. The van der Waals surface area contributed by atoms with Crippen molar-refractivity contribution in [1.29, 1.82) is 0 Å². The van der Waals surface area contributed by atoms with Crippen LogP contribution in [-0.2, 0) is 0 Å². The lowest BCUT2D eigenvalue weighted by molar-refractivity contribution is 1.61. The third-order valence-corrected chi connectivity index (χ3v) is 8.67. The Balaban J connectivity index is 1.53. The van der Waals surface area contributed by atoms with Crippen molar-refractivity contribution in [2.45, 2.75) is 0 Å². The summed E-state index contributed by atoms with van der Waals surface area (Å²) >= 11 is 0. The van der Waals surface area contributed by atoms with Gasteiger partial charge < -0.3 is 0 Å². The van der Waals surface area contributed by atoms with Crippen molar-refractivity contribution in [3.05, 3.63) is 170 Å². The van der Waals surface area contributed by atoms with Gasteiger partial charge in [0.2, 0.25) is 0 Å². The van der Waals surface area contributed by atoms with Gasteiger partial charge in [-0.15, -0.1) is 0 Å². The summed E-state index contributed by atoms with van der Waals surface area (Å²) in [6.07, 6.45) is 0. The molecule has 0 unspecified atom stereocenters.